The maximum Gasteiger partial charge on any atom is 0.129 e. The van der Waals surface area contributed by atoms with Crippen LogP contribution in [0.5, 0.6) is 0 Å². The summed E-state index contributed by atoms with van der Waals surface area (Å²) < 4.78 is 0. The van der Waals surface area contributed by atoms with Gasteiger partial charge in [0.1, 0.15) is 5.82 Å². The third-order valence-corrected chi connectivity index (χ3v) is 4.49. The lowest BCUT2D eigenvalue weighted by atomic mass is 9.85. The van der Waals surface area contributed by atoms with Crippen LogP contribution in [0.3, 0.4) is 0 Å². The van der Waals surface area contributed by atoms with Crippen molar-refractivity contribution in [2.45, 2.75) is 65.9 Å². The molecule has 1 N–H and O–H groups in total. The number of rotatable bonds is 2. The van der Waals surface area contributed by atoms with Gasteiger partial charge in [0.15, 0.2) is 0 Å². The van der Waals surface area contributed by atoms with E-state index in [1.165, 1.54) is 19.3 Å². The van der Waals surface area contributed by atoms with Crippen LogP contribution in [-0.4, -0.2) is 23.2 Å². The van der Waals surface area contributed by atoms with E-state index in [0.717, 1.165) is 30.2 Å². The van der Waals surface area contributed by atoms with E-state index in [9.17, 15) is 5.11 Å². The van der Waals surface area contributed by atoms with Gasteiger partial charge in [-0.1, -0.05) is 34.6 Å². The van der Waals surface area contributed by atoms with Crippen LogP contribution in [0, 0.1) is 5.41 Å². The minimum Gasteiger partial charge on any atom is -0.392 e. The Morgan fingerprint density at radius 3 is 2.52 bits per heavy atom. The number of aliphatic hydroxyl groups excluding tert-OH is 1. The zero-order valence-corrected chi connectivity index (χ0v) is 14.2. The van der Waals surface area contributed by atoms with Crippen LogP contribution in [0.25, 0.3) is 0 Å². The lowest BCUT2D eigenvalue weighted by Gasteiger charge is -2.27. The van der Waals surface area contributed by atoms with Crippen molar-refractivity contribution >= 4 is 5.82 Å². The minimum absolute atomic E-state index is 0.00501. The van der Waals surface area contributed by atoms with Crippen molar-refractivity contribution in [2.24, 2.45) is 5.41 Å². The van der Waals surface area contributed by atoms with Gasteiger partial charge in [0, 0.05) is 24.2 Å². The molecule has 0 aromatic carbocycles. The van der Waals surface area contributed by atoms with Gasteiger partial charge in [-0.05, 0) is 42.4 Å². The normalized spacial score (nSPS) is 19.4. The van der Waals surface area contributed by atoms with Crippen molar-refractivity contribution < 1.29 is 5.11 Å². The predicted molar refractivity (Wildman–Crippen MR) is 88.7 cm³/mol. The van der Waals surface area contributed by atoms with E-state index in [4.69, 9.17) is 4.98 Å². The van der Waals surface area contributed by atoms with Crippen molar-refractivity contribution in [1.82, 2.24) is 4.98 Å². The summed E-state index contributed by atoms with van der Waals surface area (Å²) in [6, 6.07) is 4.08. The van der Waals surface area contributed by atoms with Gasteiger partial charge in [0.25, 0.3) is 0 Å². The fourth-order valence-electron chi connectivity index (χ4n) is 2.86. The van der Waals surface area contributed by atoms with E-state index >= 15 is 0 Å². The Balaban J connectivity index is 2.30. The zero-order valence-electron chi connectivity index (χ0n) is 14.2. The molecule has 118 valence electrons. The van der Waals surface area contributed by atoms with Crippen LogP contribution >= 0.6 is 0 Å². The van der Waals surface area contributed by atoms with Crippen molar-refractivity contribution in [3.05, 3.63) is 23.4 Å². The van der Waals surface area contributed by atoms with E-state index in [0.29, 0.717) is 5.41 Å². The molecule has 0 radical (unpaired) electrons. The fourth-order valence-corrected chi connectivity index (χ4v) is 2.86. The van der Waals surface area contributed by atoms with Crippen LogP contribution in [0.15, 0.2) is 12.1 Å². The number of anilines is 1. The summed E-state index contributed by atoms with van der Waals surface area (Å²) in [5, 5.41) is 9.54. The molecular formula is C18H30N2O. The molecule has 21 heavy (non-hydrogen) atoms. The largest absolute Gasteiger partial charge is 0.392 e. The average molecular weight is 290 g/mol. The summed E-state index contributed by atoms with van der Waals surface area (Å²) in [7, 11) is 0. The fraction of sp³-hybridized carbons (Fsp3) is 0.722. The average Bonchev–Trinajstić information content (AvgIpc) is 2.58. The number of aliphatic hydroxyl groups is 1. The number of aromatic nitrogens is 1. The van der Waals surface area contributed by atoms with Gasteiger partial charge in [-0.15, -0.1) is 0 Å². The van der Waals surface area contributed by atoms with Gasteiger partial charge in [-0.3, -0.25) is 0 Å². The Bertz CT molecular complexity index is 488. The second kappa shape index (κ2) is 5.96. The Labute approximate surface area is 129 Å². The lowest BCUT2D eigenvalue weighted by Crippen LogP contribution is -2.27. The third kappa shape index (κ3) is 4.19. The highest BCUT2D eigenvalue weighted by molar-refractivity contribution is 5.44. The molecule has 2 rings (SSSR count). The quantitative estimate of drug-likeness (QED) is 0.897. The minimum atomic E-state index is 0.00501. The Hall–Kier alpha value is -1.09. The van der Waals surface area contributed by atoms with Gasteiger partial charge in [-0.25, -0.2) is 4.98 Å². The van der Waals surface area contributed by atoms with Crippen LogP contribution in [0.2, 0.25) is 0 Å². The molecule has 2 heterocycles. The molecule has 3 nitrogen and oxygen atoms in total. The molecule has 0 saturated carbocycles. The molecule has 0 bridgehead atoms. The number of nitrogens with zero attached hydrogens (tertiary/aromatic N) is 2. The molecule has 1 fully saturated rings. The van der Waals surface area contributed by atoms with Gasteiger partial charge in [0.2, 0.25) is 0 Å². The van der Waals surface area contributed by atoms with E-state index < -0.39 is 0 Å². The molecule has 0 amide bonds. The molecule has 1 aromatic heterocycles. The standard InChI is InChI=1S/C18H30N2O/c1-17(2,3)15-11-14(13-21)12-16(19-15)20-9-6-7-18(4,5)8-10-20/h11-12,21H,6-10,13H2,1-5H3. The lowest BCUT2D eigenvalue weighted by molar-refractivity contribution is 0.281. The second-order valence-corrected chi connectivity index (χ2v) is 8.13. The molecule has 0 aliphatic carbocycles. The molecule has 0 unspecified atom stereocenters. The topological polar surface area (TPSA) is 36.4 Å². The summed E-state index contributed by atoms with van der Waals surface area (Å²) in [5.41, 5.74) is 2.46. The summed E-state index contributed by atoms with van der Waals surface area (Å²) in [6.45, 7) is 13.4. The van der Waals surface area contributed by atoms with Crippen LogP contribution in [0.4, 0.5) is 5.82 Å². The second-order valence-electron chi connectivity index (χ2n) is 8.13. The first-order valence-electron chi connectivity index (χ1n) is 8.08. The zero-order chi connectivity index (χ0) is 15.7. The molecule has 1 aliphatic rings. The Morgan fingerprint density at radius 1 is 1.19 bits per heavy atom. The summed E-state index contributed by atoms with van der Waals surface area (Å²) in [4.78, 5) is 7.27. The summed E-state index contributed by atoms with van der Waals surface area (Å²) in [6.07, 6.45) is 3.68. The highest BCUT2D eigenvalue weighted by Crippen LogP contribution is 2.32. The van der Waals surface area contributed by atoms with Crippen LogP contribution in [0.1, 0.15) is 65.1 Å². The van der Waals surface area contributed by atoms with Crippen LogP contribution < -0.4 is 4.90 Å². The highest BCUT2D eigenvalue weighted by atomic mass is 16.3. The summed E-state index contributed by atoms with van der Waals surface area (Å²) >= 11 is 0. The number of hydrogen-bond acceptors (Lipinski definition) is 3. The summed E-state index contributed by atoms with van der Waals surface area (Å²) in [5.74, 6) is 1.03. The maximum atomic E-state index is 9.54. The maximum absolute atomic E-state index is 9.54. The van der Waals surface area contributed by atoms with Gasteiger partial charge in [0.05, 0.1) is 6.61 Å². The van der Waals surface area contributed by atoms with Crippen molar-refractivity contribution in [3.63, 3.8) is 0 Å². The smallest absolute Gasteiger partial charge is 0.129 e. The number of hydrogen-bond donors (Lipinski definition) is 1. The van der Waals surface area contributed by atoms with Gasteiger partial charge in [-0.2, -0.15) is 0 Å². The SMILES string of the molecule is CC1(C)CCCN(c2cc(CO)cc(C(C)(C)C)n2)CC1. The van der Waals surface area contributed by atoms with Crippen molar-refractivity contribution in [2.75, 3.05) is 18.0 Å². The molecule has 0 atom stereocenters. The highest BCUT2D eigenvalue weighted by Gasteiger charge is 2.25. The first-order valence-corrected chi connectivity index (χ1v) is 8.08. The Morgan fingerprint density at radius 2 is 1.90 bits per heavy atom. The molecular weight excluding hydrogens is 260 g/mol. The Kier molecular flexibility index (Phi) is 4.62. The first-order chi connectivity index (χ1) is 9.71. The molecule has 1 saturated heterocycles. The number of pyridine rings is 1. The van der Waals surface area contributed by atoms with Gasteiger partial charge < -0.3 is 10.0 Å². The van der Waals surface area contributed by atoms with Gasteiger partial charge >= 0.3 is 0 Å². The molecule has 1 aliphatic heterocycles. The van der Waals surface area contributed by atoms with Crippen LogP contribution in [-0.2, 0) is 12.0 Å². The molecule has 0 spiro atoms. The molecule has 3 heteroatoms. The van der Waals surface area contributed by atoms with E-state index in [1.54, 1.807) is 0 Å². The van der Waals surface area contributed by atoms with E-state index in [1.807, 2.05) is 12.1 Å². The molecule has 1 aromatic rings. The van der Waals surface area contributed by atoms with E-state index in [-0.39, 0.29) is 12.0 Å². The third-order valence-electron chi connectivity index (χ3n) is 4.49. The van der Waals surface area contributed by atoms with Crippen molar-refractivity contribution in [3.8, 4) is 0 Å². The first kappa shape index (κ1) is 16.3. The van der Waals surface area contributed by atoms with E-state index in [2.05, 4.69) is 39.5 Å². The van der Waals surface area contributed by atoms with Crippen molar-refractivity contribution in [1.29, 1.82) is 0 Å². The monoisotopic (exact) mass is 290 g/mol. The predicted octanol–water partition coefficient (Wildman–Crippen LogP) is 3.89.